The van der Waals surface area contributed by atoms with Crippen molar-refractivity contribution in [2.45, 2.75) is 56.9 Å². The van der Waals surface area contributed by atoms with E-state index in [0.29, 0.717) is 13.1 Å². The Bertz CT molecular complexity index is 1210. The Morgan fingerprint density at radius 1 is 1.18 bits per heavy atom. The van der Waals surface area contributed by atoms with Crippen molar-refractivity contribution in [3.05, 3.63) is 34.2 Å². The molecule has 1 N–H and O–H groups in total. The van der Waals surface area contributed by atoms with Crippen LogP contribution in [-0.2, 0) is 14.6 Å². The maximum Gasteiger partial charge on any atom is 0.224 e. The predicted octanol–water partition coefficient (Wildman–Crippen LogP) is 3.80. The van der Waals surface area contributed by atoms with E-state index in [1.807, 2.05) is 19.1 Å². The van der Waals surface area contributed by atoms with Gasteiger partial charge in [-0.25, -0.2) is 13.4 Å². The van der Waals surface area contributed by atoms with Crippen molar-refractivity contribution in [2.24, 2.45) is 5.92 Å². The third-order valence-electron chi connectivity index (χ3n) is 7.38. The molecule has 2 aromatic rings. The first kappa shape index (κ1) is 23.3. The third kappa shape index (κ3) is 4.71. The summed E-state index contributed by atoms with van der Waals surface area (Å²) in [5, 5.41) is 13.4. The number of rotatable bonds is 5. The highest BCUT2D eigenvalue weighted by molar-refractivity contribution is 7.91. The number of hydrogen-bond acceptors (Lipinski definition) is 7. The van der Waals surface area contributed by atoms with E-state index in [0.717, 1.165) is 65.4 Å². The summed E-state index contributed by atoms with van der Waals surface area (Å²) < 4.78 is 23.5. The molecular formula is C25H30N4O3S2. The number of sulfone groups is 1. The Balaban J connectivity index is 1.38. The number of aryl methyl sites for hydroxylation is 1. The van der Waals surface area contributed by atoms with Gasteiger partial charge in [0.1, 0.15) is 5.54 Å². The number of nitriles is 1. The minimum Gasteiger partial charge on any atom is -0.369 e. The molecule has 1 amide bonds. The first-order chi connectivity index (χ1) is 16.3. The number of carbonyl (C=O) groups is 1. The lowest BCUT2D eigenvalue weighted by molar-refractivity contribution is -0.127. The lowest BCUT2D eigenvalue weighted by atomic mass is 9.77. The summed E-state index contributed by atoms with van der Waals surface area (Å²) in [7, 11) is -2.91. The topological polar surface area (TPSA) is 103 Å². The number of carbonyl (C=O) groups excluding carboxylic acids is 1. The average Bonchev–Trinajstić information content (AvgIpc) is 3.50. The summed E-state index contributed by atoms with van der Waals surface area (Å²) in [6.07, 6.45) is 5.39. The molecule has 2 atom stereocenters. The van der Waals surface area contributed by atoms with Crippen molar-refractivity contribution in [3.8, 4) is 17.3 Å². The number of amides is 1. The average molecular weight is 499 g/mol. The van der Waals surface area contributed by atoms with Gasteiger partial charge in [0.05, 0.1) is 28.3 Å². The highest BCUT2D eigenvalue weighted by Crippen LogP contribution is 2.45. The Hall–Kier alpha value is -2.44. The molecule has 5 rings (SSSR count). The fourth-order valence-electron chi connectivity index (χ4n) is 5.18. The van der Waals surface area contributed by atoms with E-state index in [4.69, 9.17) is 4.98 Å². The molecular weight excluding hydrogens is 468 g/mol. The predicted molar refractivity (Wildman–Crippen MR) is 134 cm³/mol. The van der Waals surface area contributed by atoms with Gasteiger partial charge in [-0.3, -0.25) is 4.79 Å². The van der Waals surface area contributed by atoms with Gasteiger partial charge in [0.15, 0.2) is 9.84 Å². The van der Waals surface area contributed by atoms with E-state index in [1.54, 1.807) is 11.3 Å². The molecule has 0 unspecified atom stereocenters. The van der Waals surface area contributed by atoms with Crippen LogP contribution in [0.25, 0.3) is 11.3 Å². The Morgan fingerprint density at radius 3 is 2.50 bits per heavy atom. The maximum atomic E-state index is 13.2. The van der Waals surface area contributed by atoms with Gasteiger partial charge in [-0.2, -0.15) is 5.26 Å². The minimum absolute atomic E-state index is 0.0103. The third-order valence-corrected chi connectivity index (χ3v) is 10.1. The van der Waals surface area contributed by atoms with Crippen molar-refractivity contribution in [2.75, 3.05) is 29.5 Å². The molecule has 2 aliphatic carbocycles. The summed E-state index contributed by atoms with van der Waals surface area (Å²) in [6, 6.07) is 10.5. The van der Waals surface area contributed by atoms with Crippen LogP contribution in [0.4, 0.5) is 5.69 Å². The second-order valence-electron chi connectivity index (χ2n) is 9.81. The Labute approximate surface area is 205 Å². The van der Waals surface area contributed by atoms with Crippen LogP contribution < -0.4 is 10.2 Å². The lowest BCUT2D eigenvalue weighted by Gasteiger charge is -2.31. The van der Waals surface area contributed by atoms with Gasteiger partial charge in [0.25, 0.3) is 0 Å². The van der Waals surface area contributed by atoms with Gasteiger partial charge in [-0.1, -0.05) is 25.0 Å². The van der Waals surface area contributed by atoms with Crippen molar-refractivity contribution >= 4 is 32.8 Å². The lowest BCUT2D eigenvalue weighted by Crippen LogP contribution is -2.42. The van der Waals surface area contributed by atoms with E-state index in [9.17, 15) is 18.5 Å². The zero-order valence-electron chi connectivity index (χ0n) is 19.4. The molecule has 7 nitrogen and oxygen atoms in total. The molecule has 1 saturated heterocycles. The molecule has 1 aromatic carbocycles. The summed E-state index contributed by atoms with van der Waals surface area (Å²) in [4.78, 5) is 21.3. The number of aromatic nitrogens is 1. The van der Waals surface area contributed by atoms with E-state index in [2.05, 4.69) is 28.4 Å². The molecule has 2 heterocycles. The second kappa shape index (κ2) is 8.97. The quantitative estimate of drug-likeness (QED) is 0.673. The molecule has 0 spiro atoms. The van der Waals surface area contributed by atoms with Crippen LogP contribution in [0.15, 0.2) is 24.3 Å². The fourth-order valence-corrected chi connectivity index (χ4v) is 7.53. The molecule has 3 aliphatic rings. The molecule has 0 radical (unpaired) electrons. The Morgan fingerprint density at radius 2 is 1.85 bits per heavy atom. The first-order valence-corrected chi connectivity index (χ1v) is 14.7. The van der Waals surface area contributed by atoms with Crippen LogP contribution in [0.2, 0.25) is 0 Å². The molecule has 0 bridgehead atoms. The zero-order chi connectivity index (χ0) is 23.9. The van der Waals surface area contributed by atoms with Crippen LogP contribution in [0.3, 0.4) is 0 Å². The monoisotopic (exact) mass is 498 g/mol. The molecule has 2 saturated carbocycles. The fraction of sp³-hybridized carbons (Fsp3) is 0.560. The SMILES string of the molecule is Cc1nc(-c2ccc(N3CCS(=O)(=O)CC3)cc2)c([C@@H]2CCCC[C@H]2C(=O)NC2(C#N)CC2)s1. The summed E-state index contributed by atoms with van der Waals surface area (Å²) >= 11 is 1.68. The van der Waals surface area contributed by atoms with Crippen LogP contribution in [0.5, 0.6) is 0 Å². The number of benzene rings is 1. The second-order valence-corrected chi connectivity index (χ2v) is 13.4. The van der Waals surface area contributed by atoms with Crippen molar-refractivity contribution in [1.29, 1.82) is 5.26 Å². The molecule has 1 aromatic heterocycles. The number of thiazole rings is 1. The summed E-state index contributed by atoms with van der Waals surface area (Å²) in [5.74, 6) is 0.380. The van der Waals surface area contributed by atoms with Crippen molar-refractivity contribution in [3.63, 3.8) is 0 Å². The van der Waals surface area contributed by atoms with Gasteiger partial charge < -0.3 is 10.2 Å². The number of anilines is 1. The smallest absolute Gasteiger partial charge is 0.224 e. The van der Waals surface area contributed by atoms with Crippen LogP contribution in [-0.4, -0.2) is 49.4 Å². The molecule has 180 valence electrons. The molecule has 1 aliphatic heterocycles. The van der Waals surface area contributed by atoms with E-state index < -0.39 is 15.4 Å². The molecule has 34 heavy (non-hydrogen) atoms. The van der Waals surface area contributed by atoms with E-state index >= 15 is 0 Å². The number of hydrogen-bond donors (Lipinski definition) is 1. The van der Waals surface area contributed by atoms with E-state index in [-0.39, 0.29) is 29.2 Å². The number of nitrogens with one attached hydrogen (secondary N) is 1. The highest BCUT2D eigenvalue weighted by atomic mass is 32.2. The number of nitrogens with zero attached hydrogens (tertiary/aromatic N) is 3. The van der Waals surface area contributed by atoms with Gasteiger partial charge in [-0.05, 0) is 44.7 Å². The van der Waals surface area contributed by atoms with E-state index in [1.165, 1.54) is 0 Å². The summed E-state index contributed by atoms with van der Waals surface area (Å²) in [5.41, 5.74) is 2.35. The highest BCUT2D eigenvalue weighted by Gasteiger charge is 2.47. The largest absolute Gasteiger partial charge is 0.369 e. The van der Waals surface area contributed by atoms with Crippen molar-refractivity contribution < 1.29 is 13.2 Å². The van der Waals surface area contributed by atoms with Gasteiger partial charge >= 0.3 is 0 Å². The zero-order valence-corrected chi connectivity index (χ0v) is 21.1. The Kier molecular flexibility index (Phi) is 6.15. The van der Waals surface area contributed by atoms with Gasteiger partial charge in [0.2, 0.25) is 5.91 Å². The van der Waals surface area contributed by atoms with Crippen LogP contribution >= 0.6 is 11.3 Å². The van der Waals surface area contributed by atoms with Gasteiger partial charge in [-0.15, -0.1) is 11.3 Å². The first-order valence-electron chi connectivity index (χ1n) is 12.1. The maximum absolute atomic E-state index is 13.2. The van der Waals surface area contributed by atoms with Crippen LogP contribution in [0.1, 0.15) is 54.3 Å². The summed E-state index contributed by atoms with van der Waals surface area (Å²) in [6.45, 7) is 3.05. The molecule has 3 fully saturated rings. The minimum atomic E-state index is -2.91. The van der Waals surface area contributed by atoms with Crippen molar-refractivity contribution in [1.82, 2.24) is 10.3 Å². The van der Waals surface area contributed by atoms with Crippen LogP contribution in [0, 0.1) is 24.2 Å². The standard InChI is InChI=1S/C25H30N4O3S2/c1-17-27-22(18-6-8-19(9-7-18)29-12-14-34(31,32)15-13-29)23(33-17)20-4-2-3-5-21(20)24(30)28-25(16-26)10-11-25/h6-9,20-21H,2-5,10-15H2,1H3,(H,28,30)/t20-,21-/m1/s1. The molecule has 9 heteroatoms. The normalized spacial score (nSPS) is 25.4. The van der Waals surface area contributed by atoms with Gasteiger partial charge in [0, 0.05) is 41.1 Å².